The van der Waals surface area contributed by atoms with Crippen LogP contribution in [0.15, 0.2) is 57.1 Å². The minimum atomic E-state index is -3.83. The first kappa shape index (κ1) is 21.7. The van der Waals surface area contributed by atoms with E-state index in [2.05, 4.69) is 4.72 Å². The maximum atomic E-state index is 12.9. The van der Waals surface area contributed by atoms with Crippen molar-refractivity contribution in [2.75, 3.05) is 6.26 Å². The van der Waals surface area contributed by atoms with Gasteiger partial charge in [0.25, 0.3) is 0 Å². The Balaban J connectivity index is 1.92. The van der Waals surface area contributed by atoms with Crippen LogP contribution in [-0.2, 0) is 26.4 Å². The molecule has 2 aromatic carbocycles. The summed E-state index contributed by atoms with van der Waals surface area (Å²) in [6, 6.07) is 10.3. The molecule has 29 heavy (non-hydrogen) atoms. The van der Waals surface area contributed by atoms with Gasteiger partial charge in [0.1, 0.15) is 0 Å². The molecule has 7 nitrogen and oxygen atoms in total. The number of aryl methyl sites for hydroxylation is 1. The van der Waals surface area contributed by atoms with Crippen molar-refractivity contribution in [1.29, 1.82) is 0 Å². The summed E-state index contributed by atoms with van der Waals surface area (Å²) in [7, 11) is -7.15. The van der Waals surface area contributed by atoms with Crippen LogP contribution in [0.1, 0.15) is 31.9 Å². The number of rotatable bonds is 7. The summed E-state index contributed by atoms with van der Waals surface area (Å²) in [6.45, 7) is 4.22. The SMILES string of the molecule is CC[C@@H](NS(=O)(=O)c1ccc2c(c1)sc(=O)n2CC)c1ccc(S(C)(=O)=O)cc1. The molecule has 1 aromatic heterocycles. The average molecular weight is 455 g/mol. The second-order valence-electron chi connectivity index (χ2n) is 6.67. The fourth-order valence-corrected chi connectivity index (χ4v) is 6.14. The molecule has 156 valence electrons. The van der Waals surface area contributed by atoms with Crippen LogP contribution in [-0.4, -0.2) is 27.7 Å². The van der Waals surface area contributed by atoms with E-state index >= 15 is 0 Å². The summed E-state index contributed by atoms with van der Waals surface area (Å²) in [6.07, 6.45) is 1.61. The van der Waals surface area contributed by atoms with Crippen LogP contribution >= 0.6 is 11.3 Å². The molecule has 1 heterocycles. The third kappa shape index (κ3) is 4.45. The zero-order valence-electron chi connectivity index (χ0n) is 16.2. The predicted molar refractivity (Wildman–Crippen MR) is 115 cm³/mol. The molecule has 1 atom stereocenters. The van der Waals surface area contributed by atoms with Crippen molar-refractivity contribution >= 4 is 41.4 Å². The Bertz CT molecular complexity index is 1300. The van der Waals surface area contributed by atoms with Gasteiger partial charge in [0.15, 0.2) is 9.84 Å². The van der Waals surface area contributed by atoms with Crippen LogP contribution < -0.4 is 9.60 Å². The van der Waals surface area contributed by atoms with Crippen molar-refractivity contribution in [1.82, 2.24) is 9.29 Å². The van der Waals surface area contributed by atoms with Gasteiger partial charge in [-0.25, -0.2) is 21.6 Å². The Morgan fingerprint density at radius 2 is 1.62 bits per heavy atom. The van der Waals surface area contributed by atoms with Gasteiger partial charge in [-0.1, -0.05) is 30.4 Å². The van der Waals surface area contributed by atoms with E-state index in [1.165, 1.54) is 24.3 Å². The van der Waals surface area contributed by atoms with Crippen molar-refractivity contribution in [3.63, 3.8) is 0 Å². The molecule has 3 aromatic rings. The van der Waals surface area contributed by atoms with Crippen LogP contribution in [0.2, 0.25) is 0 Å². The minimum absolute atomic E-state index is 0.0840. The second-order valence-corrected chi connectivity index (χ2v) is 11.4. The highest BCUT2D eigenvalue weighted by atomic mass is 32.2. The van der Waals surface area contributed by atoms with Gasteiger partial charge in [-0.05, 0) is 49.2 Å². The number of benzene rings is 2. The summed E-state index contributed by atoms with van der Waals surface area (Å²) < 4.78 is 54.0. The number of thiazole rings is 1. The minimum Gasteiger partial charge on any atom is -0.299 e. The van der Waals surface area contributed by atoms with Crippen LogP contribution in [0.5, 0.6) is 0 Å². The highest BCUT2D eigenvalue weighted by Gasteiger charge is 2.22. The number of fused-ring (bicyclic) bond motifs is 1. The van der Waals surface area contributed by atoms with Crippen LogP contribution in [0.25, 0.3) is 10.2 Å². The van der Waals surface area contributed by atoms with Gasteiger partial charge in [0, 0.05) is 18.8 Å². The second kappa shape index (κ2) is 8.02. The first-order valence-corrected chi connectivity index (χ1v) is 13.2. The molecule has 3 rings (SSSR count). The van der Waals surface area contributed by atoms with E-state index < -0.39 is 25.9 Å². The fourth-order valence-electron chi connectivity index (χ4n) is 3.10. The highest BCUT2D eigenvalue weighted by molar-refractivity contribution is 7.90. The molecule has 0 aliphatic rings. The molecule has 0 fully saturated rings. The summed E-state index contributed by atoms with van der Waals surface area (Å²) >= 11 is 1.02. The lowest BCUT2D eigenvalue weighted by Gasteiger charge is -2.18. The standard InChI is InChI=1S/C19H22N2O5S3/c1-4-16(13-6-8-14(9-7-13)28(3,23)24)20-29(25,26)15-10-11-17-18(12-15)27-19(22)21(17)5-2/h6-12,16,20H,4-5H2,1-3H3/t16-/m1/s1. The van der Waals surface area contributed by atoms with E-state index in [1.54, 1.807) is 22.8 Å². The van der Waals surface area contributed by atoms with Crippen molar-refractivity contribution in [3.05, 3.63) is 57.7 Å². The summed E-state index contributed by atoms with van der Waals surface area (Å²) in [5.74, 6) is 0. The Hall–Kier alpha value is -2.01. The van der Waals surface area contributed by atoms with E-state index in [-0.39, 0.29) is 14.7 Å². The maximum absolute atomic E-state index is 12.9. The molecule has 0 aliphatic carbocycles. The molecule has 0 saturated heterocycles. The quantitative estimate of drug-likeness (QED) is 0.591. The fraction of sp³-hybridized carbons (Fsp3) is 0.316. The molecule has 0 radical (unpaired) electrons. The number of hydrogen-bond donors (Lipinski definition) is 1. The molecule has 0 spiro atoms. The van der Waals surface area contributed by atoms with Gasteiger partial charge < -0.3 is 0 Å². The monoisotopic (exact) mass is 454 g/mol. The highest BCUT2D eigenvalue weighted by Crippen LogP contribution is 2.25. The number of hydrogen-bond acceptors (Lipinski definition) is 6. The van der Waals surface area contributed by atoms with Crippen molar-refractivity contribution < 1.29 is 16.8 Å². The first-order chi connectivity index (χ1) is 13.6. The van der Waals surface area contributed by atoms with E-state index in [0.29, 0.717) is 28.7 Å². The molecule has 0 amide bonds. The topological polar surface area (TPSA) is 102 Å². The zero-order valence-corrected chi connectivity index (χ0v) is 18.7. The number of nitrogens with one attached hydrogen (secondary N) is 1. The van der Waals surface area contributed by atoms with Crippen molar-refractivity contribution in [3.8, 4) is 0 Å². The van der Waals surface area contributed by atoms with Gasteiger partial charge in [0.2, 0.25) is 10.0 Å². The molecule has 0 aliphatic heterocycles. The number of nitrogens with zero attached hydrogens (tertiary/aromatic N) is 1. The predicted octanol–water partition coefficient (Wildman–Crippen LogP) is 2.92. The third-order valence-electron chi connectivity index (χ3n) is 4.68. The van der Waals surface area contributed by atoms with Crippen LogP contribution in [0.4, 0.5) is 0 Å². The number of sulfone groups is 1. The van der Waals surface area contributed by atoms with E-state index in [4.69, 9.17) is 0 Å². The number of sulfonamides is 1. The maximum Gasteiger partial charge on any atom is 0.308 e. The van der Waals surface area contributed by atoms with Gasteiger partial charge in [-0.3, -0.25) is 9.36 Å². The van der Waals surface area contributed by atoms with Gasteiger partial charge >= 0.3 is 4.87 Å². The van der Waals surface area contributed by atoms with E-state index in [1.807, 2.05) is 13.8 Å². The Morgan fingerprint density at radius 3 is 2.17 bits per heavy atom. The van der Waals surface area contributed by atoms with E-state index in [0.717, 1.165) is 17.6 Å². The lowest BCUT2D eigenvalue weighted by atomic mass is 10.1. The van der Waals surface area contributed by atoms with Gasteiger partial charge in [0.05, 0.1) is 20.0 Å². The molecule has 0 saturated carbocycles. The summed E-state index contributed by atoms with van der Waals surface area (Å²) in [5.41, 5.74) is 1.39. The van der Waals surface area contributed by atoms with E-state index in [9.17, 15) is 21.6 Å². The summed E-state index contributed by atoms with van der Waals surface area (Å²) in [5, 5.41) is 0. The summed E-state index contributed by atoms with van der Waals surface area (Å²) in [4.78, 5) is 12.2. The molecular weight excluding hydrogens is 432 g/mol. The molecular formula is C19H22N2O5S3. The molecule has 0 unspecified atom stereocenters. The molecule has 10 heteroatoms. The third-order valence-corrected chi connectivity index (χ3v) is 8.22. The normalized spacial score (nSPS) is 13.6. The molecule has 1 N–H and O–H groups in total. The lowest BCUT2D eigenvalue weighted by molar-refractivity contribution is 0.550. The van der Waals surface area contributed by atoms with Crippen LogP contribution in [0, 0.1) is 0 Å². The largest absolute Gasteiger partial charge is 0.308 e. The lowest BCUT2D eigenvalue weighted by Crippen LogP contribution is -2.28. The average Bonchev–Trinajstić information content (AvgIpc) is 2.99. The Labute approximate surface area is 174 Å². The Kier molecular flexibility index (Phi) is 6.00. The molecule has 0 bridgehead atoms. The van der Waals surface area contributed by atoms with Crippen LogP contribution in [0.3, 0.4) is 0 Å². The zero-order chi connectivity index (χ0) is 21.4. The smallest absolute Gasteiger partial charge is 0.299 e. The Morgan fingerprint density at radius 1 is 1.00 bits per heavy atom. The van der Waals surface area contributed by atoms with Crippen molar-refractivity contribution in [2.24, 2.45) is 0 Å². The first-order valence-electron chi connectivity index (χ1n) is 9.02. The van der Waals surface area contributed by atoms with Crippen molar-refractivity contribution in [2.45, 2.75) is 42.6 Å². The van der Waals surface area contributed by atoms with Gasteiger partial charge in [-0.15, -0.1) is 0 Å². The van der Waals surface area contributed by atoms with Gasteiger partial charge in [-0.2, -0.15) is 0 Å². The number of aromatic nitrogens is 1.